The molecular weight excluding hydrogens is 412 g/mol. The van der Waals surface area contributed by atoms with Crippen molar-refractivity contribution in [3.63, 3.8) is 0 Å². The van der Waals surface area contributed by atoms with Crippen molar-refractivity contribution in [1.29, 1.82) is 0 Å². The molecule has 0 spiro atoms. The minimum Gasteiger partial charge on any atom is -0.428 e. The van der Waals surface area contributed by atoms with Crippen molar-refractivity contribution < 1.29 is 4.42 Å². The molecule has 0 aliphatic heterocycles. The second-order valence-corrected chi connectivity index (χ2v) is 9.65. The molecule has 4 aromatic carbocycles. The van der Waals surface area contributed by atoms with Gasteiger partial charge in [0.2, 0.25) is 5.71 Å². The van der Waals surface area contributed by atoms with E-state index in [-0.39, 0.29) is 0 Å². The number of para-hydroxylation sites is 1. The average molecular weight is 427 g/mol. The van der Waals surface area contributed by atoms with Gasteiger partial charge in [-0.15, -0.1) is 0 Å². The Hall–Kier alpha value is -4.02. The smallest absolute Gasteiger partial charge is 0.215 e. The number of nitrogens with one attached hydrogen (secondary N) is 1. The van der Waals surface area contributed by atoms with Crippen LogP contribution in [-0.2, 0) is 0 Å². The Morgan fingerprint density at radius 3 is 2.41 bits per heavy atom. The number of nitrogens with zero attached hydrogens (tertiary/aromatic N) is 1. The third kappa shape index (κ3) is 1.59. The van der Waals surface area contributed by atoms with Crippen LogP contribution in [0.1, 0.15) is 0 Å². The van der Waals surface area contributed by atoms with Crippen LogP contribution in [-0.4, -0.2) is 9.38 Å². The Morgan fingerprint density at radius 1 is 0.625 bits per heavy atom. The SMILES string of the molecule is c1ccc2c(c1)sc1oc3c(c4ccc5[nH]c6cccc7c8ccccc8n3c4c5c67)c12. The number of hydrogen-bond acceptors (Lipinski definition) is 2. The van der Waals surface area contributed by atoms with E-state index in [1.807, 2.05) is 0 Å². The molecule has 9 aromatic rings. The molecule has 0 amide bonds. The van der Waals surface area contributed by atoms with Crippen molar-refractivity contribution >= 4 is 91.8 Å². The predicted octanol–water partition coefficient (Wildman–Crippen LogP) is 8.43. The van der Waals surface area contributed by atoms with E-state index in [4.69, 9.17) is 4.42 Å². The molecule has 0 saturated carbocycles. The summed E-state index contributed by atoms with van der Waals surface area (Å²) in [4.78, 5) is 4.66. The van der Waals surface area contributed by atoms with Crippen LogP contribution in [0.25, 0.3) is 80.5 Å². The summed E-state index contributed by atoms with van der Waals surface area (Å²) in [6, 6.07) is 28.4. The molecule has 9 rings (SSSR count). The van der Waals surface area contributed by atoms with Gasteiger partial charge < -0.3 is 9.40 Å². The first kappa shape index (κ1) is 15.7. The highest BCUT2D eigenvalue weighted by Gasteiger charge is 2.25. The lowest BCUT2D eigenvalue weighted by Crippen LogP contribution is -1.84. The monoisotopic (exact) mass is 426 g/mol. The number of thiophene rings is 1. The molecule has 148 valence electrons. The molecule has 0 atom stereocenters. The Bertz CT molecular complexity index is 2200. The van der Waals surface area contributed by atoms with Gasteiger partial charge in [0, 0.05) is 48.1 Å². The van der Waals surface area contributed by atoms with E-state index in [2.05, 4.69) is 88.2 Å². The normalized spacial score (nSPS) is 13.0. The lowest BCUT2D eigenvalue weighted by Gasteiger charge is -2.00. The van der Waals surface area contributed by atoms with Gasteiger partial charge in [-0.05, 0) is 35.7 Å². The molecule has 0 unspecified atom stereocenters. The fourth-order valence-electron chi connectivity index (χ4n) is 5.89. The van der Waals surface area contributed by atoms with Crippen LogP contribution in [0.4, 0.5) is 0 Å². The highest BCUT2D eigenvalue weighted by molar-refractivity contribution is 7.25. The van der Waals surface area contributed by atoms with Crippen molar-refractivity contribution in [2.24, 2.45) is 0 Å². The van der Waals surface area contributed by atoms with Crippen molar-refractivity contribution in [3.8, 4) is 0 Å². The largest absolute Gasteiger partial charge is 0.428 e. The summed E-state index contributed by atoms with van der Waals surface area (Å²) >= 11 is 1.74. The quantitative estimate of drug-likeness (QED) is 0.259. The van der Waals surface area contributed by atoms with E-state index in [9.17, 15) is 0 Å². The first-order chi connectivity index (χ1) is 15.9. The molecule has 0 radical (unpaired) electrons. The van der Waals surface area contributed by atoms with E-state index in [0.29, 0.717) is 0 Å². The summed E-state index contributed by atoms with van der Waals surface area (Å²) in [6.07, 6.45) is 0. The highest BCUT2D eigenvalue weighted by Crippen LogP contribution is 2.48. The molecule has 0 bridgehead atoms. The van der Waals surface area contributed by atoms with Gasteiger partial charge in [-0.25, -0.2) is 0 Å². The number of H-pyrrole nitrogens is 1. The molecule has 3 nitrogen and oxygen atoms in total. The maximum atomic E-state index is 6.66. The molecule has 5 aromatic heterocycles. The van der Waals surface area contributed by atoms with Gasteiger partial charge in [0.1, 0.15) is 0 Å². The van der Waals surface area contributed by atoms with E-state index in [1.54, 1.807) is 11.3 Å². The van der Waals surface area contributed by atoms with E-state index < -0.39 is 0 Å². The predicted molar refractivity (Wildman–Crippen MR) is 136 cm³/mol. The number of aromatic amines is 1. The van der Waals surface area contributed by atoms with Crippen molar-refractivity contribution in [3.05, 3.63) is 78.9 Å². The van der Waals surface area contributed by atoms with Crippen LogP contribution in [0.2, 0.25) is 0 Å². The van der Waals surface area contributed by atoms with Gasteiger partial charge in [-0.2, -0.15) is 0 Å². The Morgan fingerprint density at radius 2 is 1.44 bits per heavy atom. The number of furan rings is 1. The second-order valence-electron chi connectivity index (χ2n) is 8.63. The zero-order valence-electron chi connectivity index (χ0n) is 16.8. The minimum atomic E-state index is 0.939. The molecular formula is C28H14N2OS. The summed E-state index contributed by atoms with van der Waals surface area (Å²) in [5.74, 6) is 0. The van der Waals surface area contributed by atoms with Crippen LogP contribution in [0.5, 0.6) is 0 Å². The van der Waals surface area contributed by atoms with Crippen LogP contribution >= 0.6 is 11.3 Å². The average Bonchev–Trinajstić information content (AvgIpc) is 3.52. The molecule has 0 fully saturated rings. The third-order valence-corrected chi connectivity index (χ3v) is 8.16. The first-order valence-corrected chi connectivity index (χ1v) is 11.6. The minimum absolute atomic E-state index is 0.939. The first-order valence-electron chi connectivity index (χ1n) is 10.8. The summed E-state index contributed by atoms with van der Waals surface area (Å²) < 4.78 is 10.3. The molecule has 0 aliphatic carbocycles. The molecule has 5 heterocycles. The molecule has 1 N–H and O–H groups in total. The van der Waals surface area contributed by atoms with Crippen LogP contribution in [0.15, 0.2) is 83.3 Å². The molecule has 0 saturated heterocycles. The lowest BCUT2D eigenvalue weighted by molar-refractivity contribution is 0.660. The third-order valence-electron chi connectivity index (χ3n) is 7.11. The number of benzene rings is 4. The van der Waals surface area contributed by atoms with E-state index in [1.165, 1.54) is 69.9 Å². The van der Waals surface area contributed by atoms with Crippen LogP contribution in [0, 0.1) is 0 Å². The molecule has 0 aliphatic rings. The maximum absolute atomic E-state index is 6.66. The van der Waals surface area contributed by atoms with Crippen LogP contribution < -0.4 is 0 Å². The molecule has 32 heavy (non-hydrogen) atoms. The fourth-order valence-corrected chi connectivity index (χ4v) is 6.95. The van der Waals surface area contributed by atoms with Gasteiger partial charge in [-0.3, -0.25) is 4.40 Å². The standard InChI is InChI=1S/C28H14N2OS/c1-3-10-20-14(6-1)15-8-5-9-18-22(15)25-19(29-18)13-12-17-23-24-16-7-2-4-11-21(16)32-28(24)31-27(23)30(20)26(17)25/h1-13,29H. The van der Waals surface area contributed by atoms with Gasteiger partial charge in [-0.1, -0.05) is 59.9 Å². The zero-order chi connectivity index (χ0) is 20.6. The molecule has 4 heteroatoms. The van der Waals surface area contributed by atoms with Gasteiger partial charge in [0.05, 0.1) is 16.4 Å². The second kappa shape index (κ2) is 5.06. The van der Waals surface area contributed by atoms with Gasteiger partial charge >= 0.3 is 0 Å². The maximum Gasteiger partial charge on any atom is 0.215 e. The van der Waals surface area contributed by atoms with Gasteiger partial charge in [0.15, 0.2) is 4.90 Å². The number of fused-ring (bicyclic) bond motifs is 10. The summed E-state index contributed by atoms with van der Waals surface area (Å²) in [5.41, 5.74) is 5.69. The van der Waals surface area contributed by atoms with Crippen molar-refractivity contribution in [2.45, 2.75) is 0 Å². The van der Waals surface area contributed by atoms with Gasteiger partial charge in [0.25, 0.3) is 0 Å². The Labute approximate surface area is 184 Å². The fraction of sp³-hybridized carbons (Fsp3) is 0. The number of aromatic nitrogens is 2. The van der Waals surface area contributed by atoms with E-state index >= 15 is 0 Å². The summed E-state index contributed by atoms with van der Waals surface area (Å²) in [6.45, 7) is 0. The highest BCUT2D eigenvalue weighted by atomic mass is 32.1. The van der Waals surface area contributed by atoms with Crippen molar-refractivity contribution in [2.75, 3.05) is 0 Å². The summed E-state index contributed by atoms with van der Waals surface area (Å²) in [5, 5.41) is 10.1. The lowest BCUT2D eigenvalue weighted by atomic mass is 10.0. The number of rotatable bonds is 0. The van der Waals surface area contributed by atoms with Crippen LogP contribution in [0.3, 0.4) is 0 Å². The topological polar surface area (TPSA) is 33.3 Å². The van der Waals surface area contributed by atoms with Crippen molar-refractivity contribution in [1.82, 2.24) is 9.38 Å². The zero-order valence-corrected chi connectivity index (χ0v) is 17.6. The summed E-state index contributed by atoms with van der Waals surface area (Å²) in [7, 11) is 0. The Balaban J connectivity index is 1.75. The Kier molecular flexibility index (Phi) is 2.49. The number of hydrogen-bond donors (Lipinski definition) is 1. The van der Waals surface area contributed by atoms with E-state index in [0.717, 1.165) is 10.6 Å².